The molecule has 0 unspecified atom stereocenters. The number of ketones is 4. The first-order chi connectivity index (χ1) is 17.7. The van der Waals surface area contributed by atoms with Crippen LogP contribution < -0.4 is 0 Å². The number of hydrogen-bond acceptors (Lipinski definition) is 4. The summed E-state index contributed by atoms with van der Waals surface area (Å²) in [5.74, 6) is 0.950. The third-order valence-corrected chi connectivity index (χ3v) is 6.14. The zero-order chi connectivity index (χ0) is 27.9. The van der Waals surface area contributed by atoms with Gasteiger partial charge in [-0.05, 0) is 83.3 Å². The minimum absolute atomic E-state index is 0.0949. The number of rotatable bonds is 14. The Morgan fingerprint density at radius 3 is 1.89 bits per heavy atom. The number of carbonyl (C=O) groups excluding carboxylic acids is 4. The van der Waals surface area contributed by atoms with Gasteiger partial charge in [-0.1, -0.05) is 68.4 Å². The van der Waals surface area contributed by atoms with E-state index in [2.05, 4.69) is 58.1 Å². The maximum atomic E-state index is 11.3. The van der Waals surface area contributed by atoms with Gasteiger partial charge in [0.05, 0.1) is 0 Å². The van der Waals surface area contributed by atoms with Crippen LogP contribution in [0, 0.1) is 0 Å². The van der Waals surface area contributed by atoms with Crippen LogP contribution in [0.25, 0.3) is 0 Å². The van der Waals surface area contributed by atoms with Gasteiger partial charge in [0.1, 0.15) is 11.6 Å². The van der Waals surface area contributed by atoms with E-state index in [1.54, 1.807) is 0 Å². The van der Waals surface area contributed by atoms with Crippen LogP contribution in [0.4, 0.5) is 0 Å². The van der Waals surface area contributed by atoms with Crippen LogP contribution in [-0.4, -0.2) is 23.1 Å². The number of allylic oxidation sites excluding steroid dienone is 10. The molecule has 0 spiro atoms. The highest BCUT2D eigenvalue weighted by Crippen LogP contribution is 2.25. The van der Waals surface area contributed by atoms with Crippen LogP contribution in [0.1, 0.15) is 125 Å². The highest BCUT2D eigenvalue weighted by Gasteiger charge is 2.18. The minimum Gasteiger partial charge on any atom is -0.300 e. The molecule has 0 radical (unpaired) electrons. The van der Waals surface area contributed by atoms with Crippen LogP contribution in [-0.2, 0) is 19.2 Å². The van der Waals surface area contributed by atoms with E-state index in [9.17, 15) is 19.2 Å². The van der Waals surface area contributed by atoms with E-state index in [0.717, 1.165) is 76.2 Å². The molecular formula is C33H50O4. The molecule has 2 rings (SSSR count). The Morgan fingerprint density at radius 1 is 0.757 bits per heavy atom. The lowest BCUT2D eigenvalue weighted by Crippen LogP contribution is -2.00. The lowest BCUT2D eigenvalue weighted by molar-refractivity contribution is -0.123. The summed E-state index contributed by atoms with van der Waals surface area (Å²) in [6, 6.07) is 0. The van der Waals surface area contributed by atoms with Crippen LogP contribution in [0.15, 0.2) is 59.3 Å². The van der Waals surface area contributed by atoms with Gasteiger partial charge < -0.3 is 4.79 Å². The molecule has 0 saturated heterocycles. The standard InChI is InChI=1S/C11H18O2.2C11H16O/c1-3-4-5-6-7-11(13)9-8-10(2)12;1-3-4-5-6-10-9(2)7-8-11(10)12;1-2-3-4-5-6-10-7-8-11(12)9-10/h4-5H,3,6-9H2,1-2H3;4-5H,3,6-8H2,1-2H3;3-4,9H,2,5-8H2,1H3/b2*5-4-;4-3-. The number of carbonyl (C=O) groups is 4. The van der Waals surface area contributed by atoms with Gasteiger partial charge in [-0.15, -0.1) is 0 Å². The molecule has 37 heavy (non-hydrogen) atoms. The Balaban J connectivity index is 0.000000526. The van der Waals surface area contributed by atoms with Crippen LogP contribution in [0.5, 0.6) is 0 Å². The van der Waals surface area contributed by atoms with Crippen molar-refractivity contribution in [3.63, 3.8) is 0 Å². The van der Waals surface area contributed by atoms with Crippen molar-refractivity contribution in [3.05, 3.63) is 59.3 Å². The van der Waals surface area contributed by atoms with Gasteiger partial charge in [0.2, 0.25) is 0 Å². The molecule has 2 aliphatic carbocycles. The SMILES string of the molecule is CC/C=C\CC1=C(C)CCC1=O.CC/C=C\CCC(=O)CCC(C)=O.CC/C=C\CCC1=CC(=O)CC1. The van der Waals surface area contributed by atoms with Gasteiger partial charge in [-0.2, -0.15) is 0 Å². The van der Waals surface area contributed by atoms with Gasteiger partial charge in [0.15, 0.2) is 11.6 Å². The summed E-state index contributed by atoms with van der Waals surface area (Å²) in [6.07, 6.45) is 26.3. The molecule has 0 aliphatic heterocycles. The fourth-order valence-electron chi connectivity index (χ4n) is 3.87. The number of hydrogen-bond donors (Lipinski definition) is 0. The van der Waals surface area contributed by atoms with Crippen molar-refractivity contribution in [2.75, 3.05) is 0 Å². The van der Waals surface area contributed by atoms with Gasteiger partial charge in [-0.3, -0.25) is 14.4 Å². The molecule has 206 valence electrons. The van der Waals surface area contributed by atoms with E-state index < -0.39 is 0 Å². The zero-order valence-corrected chi connectivity index (χ0v) is 24.1. The molecule has 0 aromatic rings. The first kappa shape index (κ1) is 34.4. The lowest BCUT2D eigenvalue weighted by atomic mass is 10.1. The zero-order valence-electron chi connectivity index (χ0n) is 24.1. The van der Waals surface area contributed by atoms with Gasteiger partial charge in [0, 0.05) is 32.1 Å². The second-order valence-electron chi connectivity index (χ2n) is 9.61. The molecule has 0 fully saturated rings. The van der Waals surface area contributed by atoms with E-state index in [0.29, 0.717) is 30.8 Å². The van der Waals surface area contributed by atoms with Gasteiger partial charge in [-0.25, -0.2) is 0 Å². The Morgan fingerprint density at radius 2 is 1.38 bits per heavy atom. The van der Waals surface area contributed by atoms with Crippen molar-refractivity contribution in [1.82, 2.24) is 0 Å². The van der Waals surface area contributed by atoms with E-state index in [4.69, 9.17) is 0 Å². The Hall–Kier alpha value is -2.62. The maximum absolute atomic E-state index is 11.3. The quantitative estimate of drug-likeness (QED) is 0.219. The molecule has 0 N–H and O–H groups in total. The topological polar surface area (TPSA) is 68.3 Å². The average molecular weight is 511 g/mol. The fraction of sp³-hybridized carbons (Fsp3) is 0.576. The summed E-state index contributed by atoms with van der Waals surface area (Å²) >= 11 is 0. The van der Waals surface area contributed by atoms with Crippen molar-refractivity contribution in [3.8, 4) is 0 Å². The first-order valence-corrected chi connectivity index (χ1v) is 14.1. The van der Waals surface area contributed by atoms with Crippen molar-refractivity contribution in [2.45, 2.75) is 125 Å². The summed E-state index contributed by atoms with van der Waals surface area (Å²) in [6.45, 7) is 9.89. The smallest absolute Gasteiger partial charge is 0.159 e. The number of Topliss-reactive ketones (excluding diaryl/α,β-unsaturated/α-hetero) is 3. The van der Waals surface area contributed by atoms with E-state index >= 15 is 0 Å². The molecule has 4 heteroatoms. The molecule has 0 amide bonds. The maximum Gasteiger partial charge on any atom is 0.159 e. The predicted molar refractivity (Wildman–Crippen MR) is 156 cm³/mol. The summed E-state index contributed by atoms with van der Waals surface area (Å²) in [7, 11) is 0. The lowest BCUT2D eigenvalue weighted by Gasteiger charge is -1.96. The molecular weight excluding hydrogens is 460 g/mol. The van der Waals surface area contributed by atoms with Crippen molar-refractivity contribution in [2.24, 2.45) is 0 Å². The summed E-state index contributed by atoms with van der Waals surface area (Å²) in [4.78, 5) is 43.8. The van der Waals surface area contributed by atoms with Crippen LogP contribution in [0.3, 0.4) is 0 Å². The Labute approximate surface area is 226 Å². The third kappa shape index (κ3) is 19.2. The molecule has 0 saturated carbocycles. The monoisotopic (exact) mass is 510 g/mol. The molecule has 0 bridgehead atoms. The molecule has 0 atom stereocenters. The molecule has 0 aromatic carbocycles. The largest absolute Gasteiger partial charge is 0.300 e. The fourth-order valence-corrected chi connectivity index (χ4v) is 3.87. The van der Waals surface area contributed by atoms with Crippen LogP contribution >= 0.6 is 0 Å². The van der Waals surface area contributed by atoms with Gasteiger partial charge >= 0.3 is 0 Å². The average Bonchev–Trinajstić information content (AvgIpc) is 3.43. The highest BCUT2D eigenvalue weighted by atomic mass is 16.1. The minimum atomic E-state index is 0.0949. The summed E-state index contributed by atoms with van der Waals surface area (Å²) < 4.78 is 0. The molecule has 0 aromatic heterocycles. The highest BCUT2D eigenvalue weighted by molar-refractivity contribution is 5.98. The van der Waals surface area contributed by atoms with Crippen LogP contribution in [0.2, 0.25) is 0 Å². The third-order valence-electron chi connectivity index (χ3n) is 6.14. The normalized spacial score (nSPS) is 15.3. The van der Waals surface area contributed by atoms with Gasteiger partial charge in [0.25, 0.3) is 0 Å². The Kier molecular flexibility index (Phi) is 21.0. The Bertz CT molecular complexity index is 865. The van der Waals surface area contributed by atoms with Crippen molar-refractivity contribution in [1.29, 1.82) is 0 Å². The molecule has 0 heterocycles. The second-order valence-corrected chi connectivity index (χ2v) is 9.61. The summed E-state index contributed by atoms with van der Waals surface area (Å²) in [5.41, 5.74) is 3.68. The second kappa shape index (κ2) is 22.6. The first-order valence-electron chi connectivity index (χ1n) is 14.1. The van der Waals surface area contributed by atoms with Crippen molar-refractivity contribution < 1.29 is 19.2 Å². The molecule has 4 nitrogen and oxygen atoms in total. The predicted octanol–water partition coefficient (Wildman–Crippen LogP) is 8.72. The van der Waals surface area contributed by atoms with E-state index in [1.807, 2.05) is 12.2 Å². The summed E-state index contributed by atoms with van der Waals surface area (Å²) in [5, 5.41) is 0. The molecule has 2 aliphatic rings. The van der Waals surface area contributed by atoms with E-state index in [-0.39, 0.29) is 11.6 Å². The van der Waals surface area contributed by atoms with E-state index in [1.165, 1.54) is 18.1 Å². The van der Waals surface area contributed by atoms with Crippen molar-refractivity contribution >= 4 is 23.1 Å².